The molecule has 0 spiro atoms. The van der Waals surface area contributed by atoms with Gasteiger partial charge in [-0.15, -0.1) is 11.3 Å². The van der Waals surface area contributed by atoms with Crippen LogP contribution in [0.2, 0.25) is 0 Å². The lowest BCUT2D eigenvalue weighted by Crippen LogP contribution is -2.13. The number of aromatic nitrogens is 1. The van der Waals surface area contributed by atoms with Crippen molar-refractivity contribution in [2.75, 3.05) is 4.72 Å². The first kappa shape index (κ1) is 15.4. The third kappa shape index (κ3) is 3.37. The fraction of sp³-hybridized carbons (Fsp3) is 0.250. The molecule has 1 aromatic carbocycles. The summed E-state index contributed by atoms with van der Waals surface area (Å²) < 4.78 is 27.0. The summed E-state index contributed by atoms with van der Waals surface area (Å²) in [6.07, 6.45) is 0.712. The van der Waals surface area contributed by atoms with Gasteiger partial charge in [-0.05, 0) is 19.4 Å². The van der Waals surface area contributed by atoms with Gasteiger partial charge in [0.2, 0.25) is 0 Å². The number of rotatable bonds is 5. The number of thiazole rings is 1. The van der Waals surface area contributed by atoms with E-state index in [1.165, 1.54) is 29.5 Å². The molecule has 21 heavy (non-hydrogen) atoms. The van der Waals surface area contributed by atoms with Crippen LogP contribution in [0.15, 0.2) is 29.2 Å². The molecule has 1 N–H and O–H groups in total. The van der Waals surface area contributed by atoms with E-state index < -0.39 is 14.9 Å². The summed E-state index contributed by atoms with van der Waals surface area (Å²) in [5.41, 5.74) is 0.319. The summed E-state index contributed by atoms with van der Waals surface area (Å²) in [5.74, 6) is 0. The molecule has 1 aromatic heterocycles. The maximum Gasteiger partial charge on any atom is 0.270 e. The van der Waals surface area contributed by atoms with E-state index in [0.29, 0.717) is 17.1 Å². The minimum atomic E-state index is -3.87. The van der Waals surface area contributed by atoms with Crippen molar-refractivity contribution in [3.05, 3.63) is 45.1 Å². The number of nitro groups is 1. The first-order valence-electron chi connectivity index (χ1n) is 6.07. The zero-order valence-electron chi connectivity index (χ0n) is 11.4. The van der Waals surface area contributed by atoms with Gasteiger partial charge < -0.3 is 0 Å². The van der Waals surface area contributed by atoms with Crippen LogP contribution in [-0.4, -0.2) is 18.3 Å². The van der Waals surface area contributed by atoms with Gasteiger partial charge in [-0.3, -0.25) is 14.8 Å². The smallest absolute Gasteiger partial charge is 0.269 e. The first-order chi connectivity index (χ1) is 9.83. The second kappa shape index (κ2) is 5.78. The van der Waals surface area contributed by atoms with Crippen molar-refractivity contribution in [3.63, 3.8) is 0 Å². The zero-order chi connectivity index (χ0) is 15.6. The number of benzene rings is 1. The Morgan fingerprint density at radius 3 is 2.71 bits per heavy atom. The maximum atomic E-state index is 12.3. The molecule has 0 aliphatic carbocycles. The summed E-state index contributed by atoms with van der Waals surface area (Å²) in [5, 5.41) is 12.0. The minimum absolute atomic E-state index is 0.150. The van der Waals surface area contributed by atoms with E-state index in [2.05, 4.69) is 9.71 Å². The number of hydrogen-bond acceptors (Lipinski definition) is 6. The molecule has 0 unspecified atom stereocenters. The Kier molecular flexibility index (Phi) is 4.24. The van der Waals surface area contributed by atoms with E-state index in [1.807, 2.05) is 6.92 Å². The molecule has 0 saturated carbocycles. The molecule has 1 heterocycles. The van der Waals surface area contributed by atoms with Crippen LogP contribution in [-0.2, 0) is 16.4 Å². The van der Waals surface area contributed by atoms with Crippen molar-refractivity contribution in [2.45, 2.75) is 25.2 Å². The molecule has 0 aliphatic heterocycles. The SMILES string of the molecule is CCc1nc(C)c(NS(=O)(=O)c2cccc([N+](=O)[O-])c2)s1. The molecule has 2 aromatic rings. The highest BCUT2D eigenvalue weighted by atomic mass is 32.2. The van der Waals surface area contributed by atoms with E-state index >= 15 is 0 Å². The molecule has 9 heteroatoms. The summed E-state index contributed by atoms with van der Waals surface area (Å²) in [6.45, 7) is 3.64. The molecule has 2 rings (SSSR count). The molecule has 0 radical (unpaired) electrons. The van der Waals surface area contributed by atoms with Crippen molar-refractivity contribution < 1.29 is 13.3 Å². The van der Waals surface area contributed by atoms with Crippen molar-refractivity contribution in [1.29, 1.82) is 0 Å². The number of nitrogens with one attached hydrogen (secondary N) is 1. The van der Waals surface area contributed by atoms with Crippen LogP contribution in [0.25, 0.3) is 0 Å². The topological polar surface area (TPSA) is 102 Å². The van der Waals surface area contributed by atoms with Gasteiger partial charge in [-0.1, -0.05) is 13.0 Å². The molecule has 112 valence electrons. The highest BCUT2D eigenvalue weighted by molar-refractivity contribution is 7.93. The molecule has 0 amide bonds. The van der Waals surface area contributed by atoms with Crippen LogP contribution in [0.5, 0.6) is 0 Å². The van der Waals surface area contributed by atoms with Crippen LogP contribution in [0.4, 0.5) is 10.7 Å². The van der Waals surface area contributed by atoms with E-state index in [9.17, 15) is 18.5 Å². The average molecular weight is 327 g/mol. The lowest BCUT2D eigenvalue weighted by Gasteiger charge is -2.06. The number of hydrogen-bond donors (Lipinski definition) is 1. The molecule has 0 aliphatic rings. The van der Waals surface area contributed by atoms with Gasteiger partial charge in [0, 0.05) is 12.1 Å². The molecule has 0 fully saturated rings. The largest absolute Gasteiger partial charge is 0.270 e. The Morgan fingerprint density at radius 2 is 2.14 bits per heavy atom. The van der Waals surface area contributed by atoms with Crippen LogP contribution < -0.4 is 4.72 Å². The highest BCUT2D eigenvalue weighted by Crippen LogP contribution is 2.27. The van der Waals surface area contributed by atoms with E-state index in [0.717, 1.165) is 11.1 Å². The number of sulfonamides is 1. The molecule has 0 bridgehead atoms. The lowest BCUT2D eigenvalue weighted by atomic mass is 10.3. The monoisotopic (exact) mass is 327 g/mol. The molecular formula is C12H13N3O4S2. The Labute approximate surface area is 125 Å². The van der Waals surface area contributed by atoms with Crippen molar-refractivity contribution in [1.82, 2.24) is 4.98 Å². The van der Waals surface area contributed by atoms with Gasteiger partial charge >= 0.3 is 0 Å². The van der Waals surface area contributed by atoms with Crippen LogP contribution >= 0.6 is 11.3 Å². The number of aryl methyl sites for hydroxylation is 2. The summed E-state index contributed by atoms with van der Waals surface area (Å²) in [6, 6.07) is 4.92. The van der Waals surface area contributed by atoms with E-state index in [-0.39, 0.29) is 10.6 Å². The predicted molar refractivity (Wildman–Crippen MR) is 80.1 cm³/mol. The third-order valence-electron chi connectivity index (χ3n) is 2.71. The average Bonchev–Trinajstić information content (AvgIpc) is 2.79. The Balaban J connectivity index is 2.36. The Hall–Kier alpha value is -2.00. The minimum Gasteiger partial charge on any atom is -0.269 e. The fourth-order valence-electron chi connectivity index (χ4n) is 1.64. The van der Waals surface area contributed by atoms with E-state index in [1.54, 1.807) is 6.92 Å². The Morgan fingerprint density at radius 1 is 1.43 bits per heavy atom. The highest BCUT2D eigenvalue weighted by Gasteiger charge is 2.20. The molecule has 0 atom stereocenters. The lowest BCUT2D eigenvalue weighted by molar-refractivity contribution is -0.385. The van der Waals surface area contributed by atoms with Crippen LogP contribution in [0.3, 0.4) is 0 Å². The fourth-order valence-corrected chi connectivity index (χ4v) is 3.94. The van der Waals surface area contributed by atoms with Gasteiger partial charge in [-0.25, -0.2) is 13.4 Å². The molecule has 7 nitrogen and oxygen atoms in total. The first-order valence-corrected chi connectivity index (χ1v) is 8.37. The number of nitro benzene ring substituents is 1. The van der Waals surface area contributed by atoms with Gasteiger partial charge in [-0.2, -0.15) is 0 Å². The molecular weight excluding hydrogens is 314 g/mol. The number of nitrogens with zero attached hydrogens (tertiary/aromatic N) is 2. The van der Waals surface area contributed by atoms with Crippen molar-refractivity contribution >= 4 is 32.0 Å². The van der Waals surface area contributed by atoms with Crippen LogP contribution in [0, 0.1) is 17.0 Å². The summed E-state index contributed by atoms with van der Waals surface area (Å²) in [4.78, 5) is 14.2. The standard InChI is InChI=1S/C12H13N3O4S2/c1-3-11-13-8(2)12(20-11)14-21(18,19)10-6-4-5-9(7-10)15(16)17/h4-7,14H,3H2,1-2H3. The van der Waals surface area contributed by atoms with Gasteiger partial charge in [0.1, 0.15) is 5.00 Å². The third-order valence-corrected chi connectivity index (χ3v) is 5.40. The van der Waals surface area contributed by atoms with Gasteiger partial charge in [0.15, 0.2) is 0 Å². The van der Waals surface area contributed by atoms with E-state index in [4.69, 9.17) is 0 Å². The Bertz CT molecular complexity index is 784. The quantitative estimate of drug-likeness (QED) is 0.672. The second-order valence-electron chi connectivity index (χ2n) is 4.24. The normalized spacial score (nSPS) is 11.3. The number of non-ortho nitro benzene ring substituents is 1. The van der Waals surface area contributed by atoms with Crippen molar-refractivity contribution in [3.8, 4) is 0 Å². The summed E-state index contributed by atoms with van der Waals surface area (Å²) in [7, 11) is -3.87. The number of anilines is 1. The van der Waals surface area contributed by atoms with Crippen LogP contribution in [0.1, 0.15) is 17.6 Å². The summed E-state index contributed by atoms with van der Waals surface area (Å²) >= 11 is 1.26. The maximum absolute atomic E-state index is 12.3. The molecule has 0 saturated heterocycles. The van der Waals surface area contributed by atoms with Gasteiger partial charge in [0.25, 0.3) is 15.7 Å². The van der Waals surface area contributed by atoms with Gasteiger partial charge in [0.05, 0.1) is 20.5 Å². The predicted octanol–water partition coefficient (Wildman–Crippen LogP) is 2.72. The zero-order valence-corrected chi connectivity index (χ0v) is 13.0. The second-order valence-corrected chi connectivity index (χ2v) is 7.00. The van der Waals surface area contributed by atoms with Crippen molar-refractivity contribution in [2.24, 2.45) is 0 Å².